The van der Waals surface area contributed by atoms with E-state index < -0.39 is 15.2 Å². The highest BCUT2D eigenvalue weighted by Crippen LogP contribution is 2.89. The maximum atomic E-state index is 7.54. The first-order valence-corrected chi connectivity index (χ1v) is 20.8. The van der Waals surface area contributed by atoms with Gasteiger partial charge in [-0.2, -0.15) is 0 Å². The van der Waals surface area contributed by atoms with Crippen molar-refractivity contribution in [2.45, 2.75) is 30.6 Å². The number of ether oxygens (including phenoxy) is 1. The standard InChI is InChI=1S/C47H37OP2/c1-47(2)36-25-15-27-38-44(36)48-45-37(47)26-16-28-42(45)50(40(33-19-9-4-10-20-33)29-30-41(50)34-21-11-5-12-22-34)43-31-39(32-17-7-3-8-18-32)49(38)46(43)35-23-13-6-14-24-35/h3-31,43,46H,1-2H3/q+1/t43?,46-,49?/m0/s1. The van der Waals surface area contributed by atoms with E-state index in [1.807, 2.05) is 0 Å². The van der Waals surface area contributed by atoms with Crippen molar-refractivity contribution < 1.29 is 4.74 Å². The fourth-order valence-corrected chi connectivity index (χ4v) is 18.6. The third-order valence-electron chi connectivity index (χ3n) is 11.3. The molecule has 3 heteroatoms. The predicted octanol–water partition coefficient (Wildman–Crippen LogP) is 12.1. The molecule has 4 aliphatic rings. The molecule has 4 bridgehead atoms. The lowest BCUT2D eigenvalue weighted by Gasteiger charge is -2.39. The highest BCUT2D eigenvalue weighted by Gasteiger charge is 2.65. The maximum Gasteiger partial charge on any atom is 0.174 e. The summed E-state index contributed by atoms with van der Waals surface area (Å²) in [7, 11) is -3.38. The van der Waals surface area contributed by atoms with E-state index in [1.54, 1.807) is 0 Å². The van der Waals surface area contributed by atoms with Crippen LogP contribution in [0.2, 0.25) is 0 Å². The van der Waals surface area contributed by atoms with Crippen molar-refractivity contribution in [1.29, 1.82) is 0 Å². The Morgan fingerprint density at radius 3 is 1.66 bits per heavy atom. The molecule has 0 aromatic heterocycles. The molecule has 4 heterocycles. The molecule has 0 aliphatic carbocycles. The molecule has 1 nitrogen and oxygen atoms in total. The molecular weight excluding hydrogens is 642 g/mol. The van der Waals surface area contributed by atoms with Crippen molar-refractivity contribution in [3.05, 3.63) is 209 Å². The summed E-state index contributed by atoms with van der Waals surface area (Å²) in [4.78, 5) is 0. The lowest BCUT2D eigenvalue weighted by Crippen LogP contribution is -2.31. The third kappa shape index (κ3) is 4.15. The second-order valence-corrected chi connectivity index (χ2v) is 20.0. The molecule has 6 aromatic rings. The van der Waals surface area contributed by atoms with Crippen molar-refractivity contribution in [2.75, 3.05) is 0 Å². The predicted molar refractivity (Wildman–Crippen MR) is 214 cm³/mol. The summed E-state index contributed by atoms with van der Waals surface area (Å²) in [6.45, 7) is 4.79. The van der Waals surface area contributed by atoms with Crippen LogP contribution in [0.15, 0.2) is 176 Å². The summed E-state index contributed by atoms with van der Waals surface area (Å²) in [5, 5.41) is 7.06. The highest BCUT2D eigenvalue weighted by molar-refractivity contribution is 8.01. The first kappa shape index (κ1) is 30.1. The van der Waals surface area contributed by atoms with Crippen molar-refractivity contribution in [3.8, 4) is 11.5 Å². The van der Waals surface area contributed by atoms with Gasteiger partial charge < -0.3 is 4.74 Å². The number of para-hydroxylation sites is 2. The maximum absolute atomic E-state index is 7.54. The molecule has 0 saturated heterocycles. The second kappa shape index (κ2) is 11.4. The van der Waals surface area contributed by atoms with Gasteiger partial charge >= 0.3 is 0 Å². The minimum Gasteiger partial charge on any atom is -0.452 e. The first-order valence-electron chi connectivity index (χ1n) is 17.6. The van der Waals surface area contributed by atoms with Gasteiger partial charge in [-0.15, -0.1) is 0 Å². The Labute approximate surface area is 296 Å². The SMILES string of the molecule is CC1(C)c2cccc3c2Oc2c1cccc2[P+]1(C(c2ccccc2)=CC=C1c1ccccc1)C1C=C(c2ccccc2)P3[C@H]1c1ccccc1. The lowest BCUT2D eigenvalue weighted by molar-refractivity contribution is 0.425. The Balaban J connectivity index is 1.42. The van der Waals surface area contributed by atoms with E-state index in [0.29, 0.717) is 0 Å². The van der Waals surface area contributed by atoms with Crippen LogP contribution in [0.5, 0.6) is 11.5 Å². The Morgan fingerprint density at radius 1 is 0.540 bits per heavy atom. The minimum absolute atomic E-state index is 0.194. The number of rotatable bonds is 4. The van der Waals surface area contributed by atoms with Gasteiger partial charge in [-0.1, -0.05) is 166 Å². The lowest BCUT2D eigenvalue weighted by atomic mass is 9.76. The summed E-state index contributed by atoms with van der Waals surface area (Å²) in [5.41, 5.74) is 8.08. The van der Waals surface area contributed by atoms with Gasteiger partial charge in [-0.25, -0.2) is 0 Å². The molecule has 6 aromatic carbocycles. The van der Waals surface area contributed by atoms with E-state index in [1.165, 1.54) is 59.9 Å². The molecule has 0 amide bonds. The molecule has 50 heavy (non-hydrogen) atoms. The normalized spacial score (nSPS) is 21.6. The van der Waals surface area contributed by atoms with Crippen LogP contribution in [0.25, 0.3) is 15.9 Å². The summed E-state index contributed by atoms with van der Waals surface area (Å²) in [6, 6.07) is 59.1. The molecule has 240 valence electrons. The van der Waals surface area contributed by atoms with Gasteiger partial charge in [0.2, 0.25) is 0 Å². The Kier molecular flexibility index (Phi) is 6.83. The van der Waals surface area contributed by atoms with Gasteiger partial charge in [0.05, 0.1) is 5.66 Å². The average Bonchev–Trinajstić information content (AvgIpc) is 3.77. The molecule has 0 fully saturated rings. The van der Waals surface area contributed by atoms with Crippen LogP contribution in [0.3, 0.4) is 0 Å². The van der Waals surface area contributed by atoms with Crippen molar-refractivity contribution in [2.24, 2.45) is 0 Å². The third-order valence-corrected chi connectivity index (χ3v) is 19.3. The topological polar surface area (TPSA) is 9.23 Å². The quantitative estimate of drug-likeness (QED) is 0.169. The molecule has 2 unspecified atom stereocenters. The van der Waals surface area contributed by atoms with Gasteiger partial charge in [-0.3, -0.25) is 0 Å². The zero-order valence-electron chi connectivity index (χ0n) is 28.2. The zero-order chi connectivity index (χ0) is 33.5. The molecule has 1 spiro atoms. The van der Waals surface area contributed by atoms with Crippen LogP contribution in [0.1, 0.15) is 52.9 Å². The second-order valence-electron chi connectivity index (χ2n) is 14.2. The molecule has 0 N–H and O–H groups in total. The van der Waals surface area contributed by atoms with Crippen LogP contribution in [-0.4, -0.2) is 5.66 Å². The number of allylic oxidation sites excluding steroid dienone is 3. The summed E-state index contributed by atoms with van der Waals surface area (Å²) in [5.74, 6) is 2.14. The molecular formula is C47H37OP2+. The van der Waals surface area contributed by atoms with Crippen molar-refractivity contribution in [1.82, 2.24) is 0 Å². The van der Waals surface area contributed by atoms with Crippen molar-refractivity contribution >= 4 is 41.7 Å². The number of hydrogen-bond donors (Lipinski definition) is 0. The summed E-state index contributed by atoms with van der Waals surface area (Å²) < 4.78 is 7.54. The minimum atomic E-state index is -2.49. The van der Waals surface area contributed by atoms with Crippen LogP contribution in [0, 0.1) is 0 Å². The zero-order valence-corrected chi connectivity index (χ0v) is 30.0. The van der Waals surface area contributed by atoms with E-state index >= 15 is 0 Å². The van der Waals surface area contributed by atoms with Gasteiger partial charge in [0, 0.05) is 33.0 Å². The van der Waals surface area contributed by atoms with E-state index in [2.05, 4.69) is 190 Å². The molecule has 0 saturated carbocycles. The van der Waals surface area contributed by atoms with Gasteiger partial charge in [0.25, 0.3) is 0 Å². The van der Waals surface area contributed by atoms with Crippen LogP contribution in [0.4, 0.5) is 0 Å². The van der Waals surface area contributed by atoms with E-state index in [-0.39, 0.29) is 16.7 Å². The Bertz CT molecular complexity index is 2320. The number of hydrogen-bond acceptors (Lipinski definition) is 1. The number of fused-ring (bicyclic) bond motifs is 5. The Morgan fingerprint density at radius 2 is 1.06 bits per heavy atom. The Hall–Kier alpha value is -4.80. The van der Waals surface area contributed by atoms with Gasteiger partial charge in [-0.05, 0) is 48.7 Å². The largest absolute Gasteiger partial charge is 0.452 e. The molecule has 3 atom stereocenters. The fraction of sp³-hybridized carbons (Fsp3) is 0.106. The average molecular weight is 680 g/mol. The monoisotopic (exact) mass is 679 g/mol. The van der Waals surface area contributed by atoms with E-state index in [0.717, 1.165) is 11.5 Å². The van der Waals surface area contributed by atoms with E-state index in [4.69, 9.17) is 4.74 Å². The van der Waals surface area contributed by atoms with Crippen molar-refractivity contribution in [3.63, 3.8) is 0 Å². The number of benzene rings is 6. The fourth-order valence-electron chi connectivity index (χ4n) is 9.12. The molecule has 0 radical (unpaired) electrons. The smallest absolute Gasteiger partial charge is 0.174 e. The first-order chi connectivity index (χ1) is 24.6. The van der Waals surface area contributed by atoms with Crippen LogP contribution >= 0.6 is 15.2 Å². The van der Waals surface area contributed by atoms with Gasteiger partial charge in [0.1, 0.15) is 34.6 Å². The van der Waals surface area contributed by atoms with E-state index in [9.17, 15) is 0 Å². The summed E-state index contributed by atoms with van der Waals surface area (Å²) in [6.07, 6.45) is 7.68. The molecule has 10 rings (SSSR count). The van der Waals surface area contributed by atoms with Gasteiger partial charge in [0.15, 0.2) is 5.75 Å². The van der Waals surface area contributed by atoms with Crippen LogP contribution in [-0.2, 0) is 5.41 Å². The molecule has 4 aliphatic heterocycles. The highest BCUT2D eigenvalue weighted by atomic mass is 31.2. The summed E-state index contributed by atoms with van der Waals surface area (Å²) >= 11 is 0. The van der Waals surface area contributed by atoms with Crippen LogP contribution < -0.4 is 15.3 Å².